The molecule has 6 heteroatoms. The van der Waals surface area contributed by atoms with Crippen LogP contribution in [0.2, 0.25) is 0 Å². The second-order valence-electron chi connectivity index (χ2n) is 3.24. The number of carbonyl (C=O) groups is 1. The summed E-state index contributed by atoms with van der Waals surface area (Å²) in [5.74, 6) is 0.00305. The van der Waals surface area contributed by atoms with Crippen LogP contribution in [0.1, 0.15) is 29.6 Å². The summed E-state index contributed by atoms with van der Waals surface area (Å²) in [4.78, 5) is 11.8. The van der Waals surface area contributed by atoms with Crippen molar-refractivity contribution >= 4 is 71.7 Å². The normalized spacial score (nSPS) is 10.4. The number of nitrogens with one attached hydrogen (secondary N) is 1. The third-order valence-corrected chi connectivity index (χ3v) is 5.10. The minimum atomic E-state index is 0.00305. The highest BCUT2D eigenvalue weighted by atomic mass is 127. The van der Waals surface area contributed by atoms with Crippen LogP contribution in [0, 0.1) is 0 Å². The molecule has 16 heavy (non-hydrogen) atoms. The molecule has 0 radical (unpaired) electrons. The lowest BCUT2D eigenvalue weighted by atomic mass is 10.2. The molecule has 0 aliphatic rings. The van der Waals surface area contributed by atoms with Crippen LogP contribution in [-0.4, -0.2) is 16.9 Å². The van der Waals surface area contributed by atoms with Gasteiger partial charge in [0.25, 0.3) is 5.91 Å². The smallest absolute Gasteiger partial charge is 0.253 e. The molecule has 1 heterocycles. The summed E-state index contributed by atoms with van der Waals surface area (Å²) in [6.07, 6.45) is 3.46. The Bertz CT molecular complexity index is 357. The van der Waals surface area contributed by atoms with Gasteiger partial charge in [0.1, 0.15) is 0 Å². The summed E-state index contributed by atoms with van der Waals surface area (Å²) in [5.41, 5.74) is 0.714. The first kappa shape index (κ1) is 14.9. The topological polar surface area (TPSA) is 29.1 Å². The summed E-state index contributed by atoms with van der Waals surface area (Å²) < 4.78 is 3.04. The SMILES string of the molecule is O=C(NCCCCCI)c1cc(Br)sc1Br. The number of carbonyl (C=O) groups excluding carboxylic acids is 1. The van der Waals surface area contributed by atoms with Gasteiger partial charge in [-0.2, -0.15) is 0 Å². The van der Waals surface area contributed by atoms with Crippen molar-refractivity contribution in [3.8, 4) is 0 Å². The van der Waals surface area contributed by atoms with Gasteiger partial charge < -0.3 is 5.32 Å². The monoisotopic (exact) mass is 479 g/mol. The van der Waals surface area contributed by atoms with E-state index in [-0.39, 0.29) is 5.91 Å². The fourth-order valence-electron chi connectivity index (χ4n) is 1.19. The van der Waals surface area contributed by atoms with Crippen LogP contribution in [-0.2, 0) is 0 Å². The number of thiophene rings is 1. The van der Waals surface area contributed by atoms with Gasteiger partial charge in [-0.1, -0.05) is 29.0 Å². The van der Waals surface area contributed by atoms with E-state index < -0.39 is 0 Å². The molecule has 1 amide bonds. The maximum absolute atomic E-state index is 11.8. The summed E-state index contributed by atoms with van der Waals surface area (Å²) in [6.45, 7) is 0.759. The highest BCUT2D eigenvalue weighted by Gasteiger charge is 2.12. The van der Waals surface area contributed by atoms with Crippen molar-refractivity contribution in [3.05, 3.63) is 19.2 Å². The molecule has 0 saturated carbocycles. The number of amides is 1. The van der Waals surface area contributed by atoms with Gasteiger partial charge in [-0.15, -0.1) is 11.3 Å². The van der Waals surface area contributed by atoms with E-state index in [1.807, 2.05) is 6.07 Å². The fourth-order valence-corrected chi connectivity index (χ4v) is 4.52. The van der Waals surface area contributed by atoms with Crippen LogP contribution < -0.4 is 5.32 Å². The highest BCUT2D eigenvalue weighted by Crippen LogP contribution is 2.31. The Balaban J connectivity index is 2.33. The lowest BCUT2D eigenvalue weighted by Crippen LogP contribution is -2.24. The van der Waals surface area contributed by atoms with Crippen molar-refractivity contribution in [3.63, 3.8) is 0 Å². The largest absolute Gasteiger partial charge is 0.352 e. The molecule has 0 aliphatic carbocycles. The number of hydrogen-bond acceptors (Lipinski definition) is 2. The average Bonchev–Trinajstić information content (AvgIpc) is 2.57. The second kappa shape index (κ2) is 8.05. The zero-order chi connectivity index (χ0) is 12.0. The van der Waals surface area contributed by atoms with E-state index in [4.69, 9.17) is 0 Å². The number of unbranched alkanes of at least 4 members (excludes halogenated alkanes) is 2. The number of hydrogen-bond donors (Lipinski definition) is 1. The molecular weight excluding hydrogens is 469 g/mol. The Labute approximate surface area is 130 Å². The van der Waals surface area contributed by atoms with Crippen molar-refractivity contribution in [1.29, 1.82) is 0 Å². The van der Waals surface area contributed by atoms with Crippen LogP contribution in [0.25, 0.3) is 0 Å². The minimum absolute atomic E-state index is 0.00305. The molecule has 0 fully saturated rings. The Morgan fingerprint density at radius 1 is 1.38 bits per heavy atom. The van der Waals surface area contributed by atoms with E-state index in [2.05, 4.69) is 59.8 Å². The van der Waals surface area contributed by atoms with Crippen LogP contribution in [0.3, 0.4) is 0 Å². The number of rotatable bonds is 6. The Morgan fingerprint density at radius 2 is 2.12 bits per heavy atom. The molecule has 0 spiro atoms. The number of halogens is 3. The standard InChI is InChI=1S/C10H12Br2INOS/c11-8-6-7(9(12)16-8)10(15)14-5-3-1-2-4-13/h6H,1-5H2,(H,14,15). The second-order valence-corrected chi connectivity index (χ2v) is 8.07. The average molecular weight is 481 g/mol. The summed E-state index contributed by atoms with van der Waals surface area (Å²) >= 11 is 10.6. The van der Waals surface area contributed by atoms with E-state index in [9.17, 15) is 4.79 Å². The molecular formula is C10H12Br2INOS. The first-order chi connectivity index (χ1) is 7.65. The third kappa shape index (κ3) is 5.01. The van der Waals surface area contributed by atoms with Gasteiger partial charge in [-0.05, 0) is 55.2 Å². The van der Waals surface area contributed by atoms with Gasteiger partial charge in [0.05, 0.1) is 13.1 Å². The van der Waals surface area contributed by atoms with Gasteiger partial charge in [-0.25, -0.2) is 0 Å². The summed E-state index contributed by atoms with van der Waals surface area (Å²) in [7, 11) is 0. The quantitative estimate of drug-likeness (QED) is 0.359. The molecule has 0 bridgehead atoms. The summed E-state index contributed by atoms with van der Waals surface area (Å²) in [6, 6.07) is 1.84. The maximum Gasteiger partial charge on any atom is 0.253 e. The Morgan fingerprint density at radius 3 is 2.69 bits per heavy atom. The zero-order valence-corrected chi connectivity index (χ0v) is 14.7. The minimum Gasteiger partial charge on any atom is -0.352 e. The summed E-state index contributed by atoms with van der Waals surface area (Å²) in [5, 5.41) is 2.93. The lowest BCUT2D eigenvalue weighted by molar-refractivity contribution is 0.0952. The van der Waals surface area contributed by atoms with E-state index in [0.29, 0.717) is 5.56 Å². The first-order valence-electron chi connectivity index (χ1n) is 4.94. The van der Waals surface area contributed by atoms with E-state index in [1.54, 1.807) is 0 Å². The van der Waals surface area contributed by atoms with Crippen molar-refractivity contribution in [2.75, 3.05) is 11.0 Å². The molecule has 1 rings (SSSR count). The molecule has 0 aliphatic heterocycles. The molecule has 90 valence electrons. The van der Waals surface area contributed by atoms with Crippen molar-refractivity contribution in [2.45, 2.75) is 19.3 Å². The molecule has 0 atom stereocenters. The lowest BCUT2D eigenvalue weighted by Gasteiger charge is -2.03. The first-order valence-corrected chi connectivity index (χ1v) is 8.87. The molecule has 1 N–H and O–H groups in total. The molecule has 2 nitrogen and oxygen atoms in total. The third-order valence-electron chi connectivity index (χ3n) is 2.00. The van der Waals surface area contributed by atoms with Crippen LogP contribution in [0.15, 0.2) is 13.6 Å². The maximum atomic E-state index is 11.8. The van der Waals surface area contributed by atoms with Gasteiger partial charge in [0.2, 0.25) is 0 Å². The molecule has 1 aromatic rings. The number of alkyl halides is 1. The van der Waals surface area contributed by atoms with E-state index in [1.165, 1.54) is 28.6 Å². The van der Waals surface area contributed by atoms with Gasteiger partial charge in [0.15, 0.2) is 0 Å². The van der Waals surface area contributed by atoms with Crippen LogP contribution in [0.5, 0.6) is 0 Å². The van der Waals surface area contributed by atoms with Gasteiger partial charge >= 0.3 is 0 Å². The molecule has 0 unspecified atom stereocenters. The molecule has 1 aromatic heterocycles. The van der Waals surface area contributed by atoms with E-state index >= 15 is 0 Å². The molecule has 0 aromatic carbocycles. The van der Waals surface area contributed by atoms with Crippen molar-refractivity contribution in [1.82, 2.24) is 5.32 Å². The zero-order valence-electron chi connectivity index (χ0n) is 8.56. The Hall–Kier alpha value is 0.860. The van der Waals surface area contributed by atoms with Crippen LogP contribution >= 0.6 is 65.8 Å². The van der Waals surface area contributed by atoms with Crippen molar-refractivity contribution < 1.29 is 4.79 Å². The fraction of sp³-hybridized carbons (Fsp3) is 0.500. The van der Waals surface area contributed by atoms with Crippen LogP contribution in [0.4, 0.5) is 0 Å². The predicted molar refractivity (Wildman–Crippen MR) is 84.8 cm³/mol. The van der Waals surface area contributed by atoms with Gasteiger partial charge in [0, 0.05) is 6.54 Å². The van der Waals surface area contributed by atoms with E-state index in [0.717, 1.165) is 20.5 Å². The molecule has 0 saturated heterocycles. The highest BCUT2D eigenvalue weighted by molar-refractivity contribution is 14.1. The van der Waals surface area contributed by atoms with Gasteiger partial charge in [-0.3, -0.25) is 4.79 Å². The van der Waals surface area contributed by atoms with Crippen molar-refractivity contribution in [2.24, 2.45) is 0 Å². The predicted octanol–water partition coefficient (Wildman–Crippen LogP) is 4.61. The Kier molecular flexibility index (Phi) is 7.50.